The van der Waals surface area contributed by atoms with Crippen LogP contribution in [-0.4, -0.2) is 21.8 Å². The zero-order valence-electron chi connectivity index (χ0n) is 12.4. The molecule has 0 aliphatic carbocycles. The van der Waals surface area contributed by atoms with Gasteiger partial charge in [-0.25, -0.2) is 5.43 Å². The van der Waals surface area contributed by atoms with Gasteiger partial charge in [0.15, 0.2) is 6.61 Å². The highest BCUT2D eigenvalue weighted by Crippen LogP contribution is 2.20. The number of nitrogens with zero attached hydrogens (tertiary/aromatic N) is 3. The first-order valence-corrected chi connectivity index (χ1v) is 7.00. The zero-order valence-corrected chi connectivity index (χ0v) is 12.4. The Morgan fingerprint density at radius 1 is 1.32 bits per heavy atom. The largest absolute Gasteiger partial charge is 0.484 e. The highest BCUT2D eigenvalue weighted by Gasteiger charge is 2.21. The molecular weight excluding hydrogens is 284 g/mol. The van der Waals surface area contributed by atoms with Crippen LogP contribution in [0, 0.1) is 12.8 Å². The van der Waals surface area contributed by atoms with Crippen molar-refractivity contribution in [3.8, 4) is 5.75 Å². The minimum absolute atomic E-state index is 0.0499. The average molecular weight is 300 g/mol. The zero-order chi connectivity index (χ0) is 15.5. The van der Waals surface area contributed by atoms with Crippen LogP contribution in [0.4, 0.5) is 0 Å². The number of carbonyl (C=O) groups is 1. The van der Waals surface area contributed by atoms with Crippen molar-refractivity contribution in [1.82, 2.24) is 15.6 Å². The van der Waals surface area contributed by atoms with E-state index >= 15 is 0 Å². The van der Waals surface area contributed by atoms with Crippen LogP contribution in [0.3, 0.4) is 0 Å². The van der Waals surface area contributed by atoms with E-state index in [0.29, 0.717) is 24.0 Å². The van der Waals surface area contributed by atoms with Gasteiger partial charge in [-0.15, -0.1) is 10.2 Å². The van der Waals surface area contributed by atoms with E-state index in [0.717, 1.165) is 11.3 Å². The number of carbonyl (C=O) groups excluding carboxylic acids is 1. The van der Waals surface area contributed by atoms with Crippen molar-refractivity contribution in [2.45, 2.75) is 26.9 Å². The highest BCUT2D eigenvalue weighted by molar-refractivity contribution is 6.05. The molecule has 0 saturated carbocycles. The Morgan fingerprint density at radius 2 is 2.09 bits per heavy atom. The summed E-state index contributed by atoms with van der Waals surface area (Å²) in [5, 5.41) is 11.7. The van der Waals surface area contributed by atoms with Gasteiger partial charge in [-0.05, 0) is 29.8 Å². The lowest BCUT2D eigenvalue weighted by Crippen LogP contribution is -2.31. The molecule has 1 aliphatic rings. The summed E-state index contributed by atoms with van der Waals surface area (Å²) in [4.78, 5) is 11.3. The molecule has 1 aliphatic heterocycles. The molecular formula is C15H16N4O3. The molecule has 0 radical (unpaired) electrons. The molecule has 2 heterocycles. The minimum atomic E-state index is -0.0499. The molecule has 114 valence electrons. The summed E-state index contributed by atoms with van der Waals surface area (Å²) in [6.45, 7) is 3.95. The first-order chi connectivity index (χ1) is 10.6. The van der Waals surface area contributed by atoms with E-state index in [2.05, 4.69) is 20.7 Å². The Labute approximate surface area is 127 Å². The first kappa shape index (κ1) is 14.2. The molecule has 0 bridgehead atoms. The maximum Gasteiger partial charge on any atom is 0.253 e. The molecule has 1 unspecified atom stereocenters. The lowest BCUT2D eigenvalue weighted by Gasteiger charge is -2.19. The molecule has 1 aromatic carbocycles. The third-order valence-electron chi connectivity index (χ3n) is 3.34. The second-order valence-corrected chi connectivity index (χ2v) is 5.17. The van der Waals surface area contributed by atoms with Gasteiger partial charge in [-0.2, -0.15) is 5.10 Å². The fraction of sp³-hybridized carbons (Fsp3) is 0.333. The number of amides is 1. The molecule has 1 N–H and O–H groups in total. The van der Waals surface area contributed by atoms with Crippen LogP contribution in [0.1, 0.15) is 30.7 Å². The van der Waals surface area contributed by atoms with E-state index in [9.17, 15) is 4.79 Å². The SMILES string of the molecule is Cc1nnc(COc2ccc(C3=NNC(=O)CC3C)cc2)o1. The normalized spacial score (nSPS) is 17.8. The predicted octanol–water partition coefficient (Wildman–Crippen LogP) is 1.82. The fourth-order valence-electron chi connectivity index (χ4n) is 2.27. The first-order valence-electron chi connectivity index (χ1n) is 7.00. The Morgan fingerprint density at radius 3 is 2.73 bits per heavy atom. The van der Waals surface area contributed by atoms with Crippen LogP contribution in [0.25, 0.3) is 0 Å². The Kier molecular flexibility index (Phi) is 3.86. The Hall–Kier alpha value is -2.70. The molecule has 7 heteroatoms. The van der Waals surface area contributed by atoms with Crippen LogP contribution < -0.4 is 10.2 Å². The number of aryl methyl sites for hydroxylation is 1. The average Bonchev–Trinajstić information content (AvgIpc) is 2.92. The molecule has 1 atom stereocenters. The molecule has 2 aromatic rings. The highest BCUT2D eigenvalue weighted by atomic mass is 16.5. The van der Waals surface area contributed by atoms with Crippen LogP contribution in [0.5, 0.6) is 5.75 Å². The van der Waals surface area contributed by atoms with Gasteiger partial charge in [0, 0.05) is 19.3 Å². The van der Waals surface area contributed by atoms with Gasteiger partial charge >= 0.3 is 0 Å². The van der Waals surface area contributed by atoms with Gasteiger partial charge in [0.2, 0.25) is 11.8 Å². The van der Waals surface area contributed by atoms with E-state index in [1.165, 1.54) is 0 Å². The second kappa shape index (κ2) is 5.97. The van der Waals surface area contributed by atoms with E-state index in [1.54, 1.807) is 6.92 Å². The summed E-state index contributed by atoms with van der Waals surface area (Å²) in [5.41, 5.74) is 4.35. The summed E-state index contributed by atoms with van der Waals surface area (Å²) in [6.07, 6.45) is 0.452. The van der Waals surface area contributed by atoms with E-state index in [-0.39, 0.29) is 18.4 Å². The van der Waals surface area contributed by atoms with Gasteiger partial charge in [0.25, 0.3) is 5.89 Å². The van der Waals surface area contributed by atoms with E-state index < -0.39 is 0 Å². The smallest absolute Gasteiger partial charge is 0.253 e. The van der Waals surface area contributed by atoms with E-state index in [1.807, 2.05) is 31.2 Å². The second-order valence-electron chi connectivity index (χ2n) is 5.17. The standard InChI is InChI=1S/C15H16N4O3/c1-9-7-13(20)17-19-15(9)11-3-5-12(6-4-11)21-8-14-18-16-10(2)22-14/h3-6,9H,7-8H2,1-2H3,(H,17,20). The van der Waals surface area contributed by atoms with Gasteiger partial charge in [-0.3, -0.25) is 4.79 Å². The molecule has 1 amide bonds. The summed E-state index contributed by atoms with van der Waals surface area (Å²) >= 11 is 0. The monoisotopic (exact) mass is 300 g/mol. The lowest BCUT2D eigenvalue weighted by atomic mass is 9.94. The van der Waals surface area contributed by atoms with Gasteiger partial charge < -0.3 is 9.15 Å². The van der Waals surface area contributed by atoms with Crippen molar-refractivity contribution >= 4 is 11.6 Å². The summed E-state index contributed by atoms with van der Waals surface area (Å²) in [5.74, 6) is 1.70. The molecule has 22 heavy (non-hydrogen) atoms. The molecule has 0 fully saturated rings. The van der Waals surface area contributed by atoms with Crippen molar-refractivity contribution in [2.24, 2.45) is 11.0 Å². The molecule has 0 saturated heterocycles. The third-order valence-corrected chi connectivity index (χ3v) is 3.34. The van der Waals surface area contributed by atoms with Crippen LogP contribution >= 0.6 is 0 Å². The number of nitrogens with one attached hydrogen (secondary N) is 1. The number of benzene rings is 1. The van der Waals surface area contributed by atoms with Gasteiger partial charge in [0.05, 0.1) is 5.71 Å². The molecule has 3 rings (SSSR count). The maximum absolute atomic E-state index is 11.3. The summed E-state index contributed by atoms with van der Waals surface area (Å²) in [6, 6.07) is 7.54. The number of ether oxygens (including phenoxy) is 1. The van der Waals surface area contributed by atoms with Gasteiger partial charge in [-0.1, -0.05) is 6.92 Å². The number of hydrogen-bond acceptors (Lipinski definition) is 6. The quantitative estimate of drug-likeness (QED) is 0.930. The minimum Gasteiger partial charge on any atom is -0.484 e. The van der Waals surface area contributed by atoms with Crippen molar-refractivity contribution in [3.05, 3.63) is 41.6 Å². The van der Waals surface area contributed by atoms with Crippen molar-refractivity contribution in [3.63, 3.8) is 0 Å². The molecule has 0 spiro atoms. The number of rotatable bonds is 4. The topological polar surface area (TPSA) is 89.6 Å². The number of hydrazone groups is 1. The summed E-state index contributed by atoms with van der Waals surface area (Å²) < 4.78 is 10.8. The Bertz CT molecular complexity index is 706. The van der Waals surface area contributed by atoms with Crippen molar-refractivity contribution < 1.29 is 13.9 Å². The Balaban J connectivity index is 1.66. The predicted molar refractivity (Wildman–Crippen MR) is 78.3 cm³/mol. The third kappa shape index (κ3) is 3.13. The van der Waals surface area contributed by atoms with E-state index in [4.69, 9.17) is 9.15 Å². The van der Waals surface area contributed by atoms with Crippen LogP contribution in [0.15, 0.2) is 33.8 Å². The van der Waals surface area contributed by atoms with Crippen molar-refractivity contribution in [2.75, 3.05) is 0 Å². The number of aromatic nitrogens is 2. The van der Waals surface area contributed by atoms with Crippen molar-refractivity contribution in [1.29, 1.82) is 0 Å². The van der Waals surface area contributed by atoms with Crippen LogP contribution in [0.2, 0.25) is 0 Å². The number of hydrogen-bond donors (Lipinski definition) is 1. The molecule has 7 nitrogen and oxygen atoms in total. The van der Waals surface area contributed by atoms with Crippen LogP contribution in [-0.2, 0) is 11.4 Å². The fourth-order valence-corrected chi connectivity index (χ4v) is 2.27. The lowest BCUT2D eigenvalue weighted by molar-refractivity contribution is -0.121. The maximum atomic E-state index is 11.3. The molecule has 1 aromatic heterocycles. The van der Waals surface area contributed by atoms with Gasteiger partial charge in [0.1, 0.15) is 5.75 Å². The summed E-state index contributed by atoms with van der Waals surface area (Å²) in [7, 11) is 0.